The van der Waals surface area contributed by atoms with Gasteiger partial charge in [0, 0.05) is 0 Å². The number of thiol groups is 1. The van der Waals surface area contributed by atoms with Crippen LogP contribution >= 0.6 is 24.4 Å². The lowest BCUT2D eigenvalue weighted by Crippen LogP contribution is -2.10. The van der Waals surface area contributed by atoms with Crippen LogP contribution in [0.15, 0.2) is 30.5 Å². The van der Waals surface area contributed by atoms with E-state index in [0.29, 0.717) is 22.8 Å². The molecular formula is C11H7ClN4OS. The fourth-order valence-electron chi connectivity index (χ4n) is 1.76. The van der Waals surface area contributed by atoms with Crippen molar-refractivity contribution in [2.24, 2.45) is 0 Å². The Hall–Kier alpha value is -1.79. The van der Waals surface area contributed by atoms with Gasteiger partial charge < -0.3 is 5.32 Å². The van der Waals surface area contributed by atoms with E-state index in [-0.39, 0.29) is 11.2 Å². The highest BCUT2D eigenvalue weighted by atomic mass is 35.5. The Labute approximate surface area is 113 Å². The molecule has 2 aromatic rings. The number of halogens is 1. The fourth-order valence-corrected chi connectivity index (χ4v) is 2.21. The van der Waals surface area contributed by atoms with Gasteiger partial charge in [0.05, 0.1) is 17.4 Å². The predicted octanol–water partition coefficient (Wildman–Crippen LogP) is 2.68. The summed E-state index contributed by atoms with van der Waals surface area (Å²) in [5.74, 6) is 0.214. The number of para-hydroxylation sites is 1. The average molecular weight is 279 g/mol. The summed E-state index contributed by atoms with van der Waals surface area (Å²) in [5, 5.41) is 2.82. The van der Waals surface area contributed by atoms with Crippen LogP contribution in [0.4, 0.5) is 17.2 Å². The monoisotopic (exact) mass is 278 g/mol. The summed E-state index contributed by atoms with van der Waals surface area (Å²) in [6, 6.07) is 7.11. The van der Waals surface area contributed by atoms with Gasteiger partial charge in [0.15, 0.2) is 5.82 Å². The third kappa shape index (κ3) is 1.70. The van der Waals surface area contributed by atoms with E-state index in [4.69, 9.17) is 11.6 Å². The molecule has 0 spiro atoms. The highest BCUT2D eigenvalue weighted by molar-refractivity contribution is 7.82. The largest absolute Gasteiger partial charge is 0.317 e. The summed E-state index contributed by atoms with van der Waals surface area (Å²) in [6.45, 7) is 0. The molecule has 1 aromatic carbocycles. The molecule has 5 nitrogen and oxygen atoms in total. The lowest BCUT2D eigenvalue weighted by atomic mass is 10.1. The van der Waals surface area contributed by atoms with Crippen molar-refractivity contribution in [3.8, 4) is 0 Å². The average Bonchev–Trinajstić information content (AvgIpc) is 2.48. The van der Waals surface area contributed by atoms with Gasteiger partial charge in [-0.3, -0.25) is 9.10 Å². The van der Waals surface area contributed by atoms with Gasteiger partial charge in [-0.15, -0.1) is 0 Å². The van der Waals surface area contributed by atoms with Gasteiger partial charge in [0.25, 0.3) is 5.91 Å². The smallest absolute Gasteiger partial charge is 0.257 e. The number of rotatable bonds is 0. The van der Waals surface area contributed by atoms with Crippen LogP contribution in [-0.4, -0.2) is 15.9 Å². The zero-order valence-corrected chi connectivity index (χ0v) is 10.6. The number of carbonyl (C=O) groups is 1. The quantitative estimate of drug-likeness (QED) is 0.575. The zero-order chi connectivity index (χ0) is 12.7. The van der Waals surface area contributed by atoms with Crippen molar-refractivity contribution in [1.82, 2.24) is 9.97 Å². The molecule has 2 heterocycles. The van der Waals surface area contributed by atoms with Crippen LogP contribution in [0.3, 0.4) is 0 Å². The number of carbonyl (C=O) groups excluding carboxylic acids is 1. The highest BCUT2D eigenvalue weighted by Gasteiger charge is 2.24. The molecule has 0 fully saturated rings. The van der Waals surface area contributed by atoms with Crippen molar-refractivity contribution in [2.75, 3.05) is 9.62 Å². The van der Waals surface area contributed by atoms with Gasteiger partial charge >= 0.3 is 0 Å². The minimum absolute atomic E-state index is 0.0985. The first kappa shape index (κ1) is 11.3. The second-order valence-corrected chi connectivity index (χ2v) is 4.40. The number of anilines is 3. The Morgan fingerprint density at radius 2 is 2.11 bits per heavy atom. The molecule has 7 heteroatoms. The van der Waals surface area contributed by atoms with Gasteiger partial charge in [0.2, 0.25) is 5.28 Å². The second-order valence-electron chi connectivity index (χ2n) is 3.66. The fraction of sp³-hybridized carbons (Fsp3) is 0. The van der Waals surface area contributed by atoms with E-state index >= 15 is 0 Å². The van der Waals surface area contributed by atoms with Gasteiger partial charge in [-0.25, -0.2) is 4.98 Å². The van der Waals surface area contributed by atoms with E-state index < -0.39 is 0 Å². The minimum atomic E-state index is -0.227. The maximum Gasteiger partial charge on any atom is 0.257 e. The van der Waals surface area contributed by atoms with E-state index in [1.54, 1.807) is 18.2 Å². The van der Waals surface area contributed by atoms with Crippen LogP contribution < -0.4 is 9.62 Å². The Morgan fingerprint density at radius 3 is 2.94 bits per heavy atom. The lowest BCUT2D eigenvalue weighted by molar-refractivity contribution is 0.102. The predicted molar refractivity (Wildman–Crippen MR) is 72.6 cm³/mol. The molecule has 1 aliphatic rings. The van der Waals surface area contributed by atoms with Crippen LogP contribution in [0.5, 0.6) is 0 Å². The highest BCUT2D eigenvalue weighted by Crippen LogP contribution is 2.37. The Bertz CT molecular complexity index is 649. The third-order valence-corrected chi connectivity index (χ3v) is 3.15. The van der Waals surface area contributed by atoms with Crippen molar-refractivity contribution in [3.05, 3.63) is 41.3 Å². The molecule has 0 saturated heterocycles. The standard InChI is InChI=1S/C11H7ClN4OS/c12-11-13-5-7-9(15-11)16(18)8-4-2-1-3-6(8)10(17)14-7/h1-5,18H,(H,14,17). The van der Waals surface area contributed by atoms with Crippen LogP contribution in [0.25, 0.3) is 0 Å². The molecule has 0 bridgehead atoms. The number of hydrogen-bond acceptors (Lipinski definition) is 5. The number of nitrogens with zero attached hydrogens (tertiary/aromatic N) is 3. The van der Waals surface area contributed by atoms with Crippen molar-refractivity contribution < 1.29 is 4.79 Å². The van der Waals surface area contributed by atoms with Crippen molar-refractivity contribution in [3.63, 3.8) is 0 Å². The molecule has 90 valence electrons. The molecule has 0 radical (unpaired) electrons. The second kappa shape index (κ2) is 4.15. The van der Waals surface area contributed by atoms with Crippen molar-refractivity contribution in [1.29, 1.82) is 0 Å². The van der Waals surface area contributed by atoms with E-state index in [0.717, 1.165) is 0 Å². The summed E-state index contributed by atoms with van der Waals surface area (Å²) < 4.78 is 1.51. The molecular weight excluding hydrogens is 272 g/mol. The molecule has 0 saturated carbocycles. The number of hydrogen-bond donors (Lipinski definition) is 2. The minimum Gasteiger partial charge on any atom is -0.317 e. The van der Waals surface area contributed by atoms with Crippen LogP contribution in [0.2, 0.25) is 5.28 Å². The first-order valence-electron chi connectivity index (χ1n) is 5.09. The Morgan fingerprint density at radius 1 is 1.33 bits per heavy atom. The molecule has 1 N–H and O–H groups in total. The molecule has 1 amide bonds. The molecule has 0 unspecified atom stereocenters. The van der Waals surface area contributed by atoms with Gasteiger partial charge in [-0.05, 0) is 23.7 Å². The van der Waals surface area contributed by atoms with Gasteiger partial charge in [-0.1, -0.05) is 24.9 Å². The summed E-state index contributed by atoms with van der Waals surface area (Å²) in [5.41, 5.74) is 1.63. The summed E-state index contributed by atoms with van der Waals surface area (Å²) in [4.78, 5) is 20.0. The molecule has 3 rings (SSSR count). The molecule has 1 aliphatic heterocycles. The maximum absolute atomic E-state index is 12.0. The normalized spacial score (nSPS) is 13.4. The third-order valence-electron chi connectivity index (χ3n) is 2.56. The topological polar surface area (TPSA) is 58.1 Å². The number of fused-ring (bicyclic) bond motifs is 2. The number of nitrogens with one attached hydrogen (secondary N) is 1. The maximum atomic E-state index is 12.0. The number of benzene rings is 1. The van der Waals surface area contributed by atoms with Crippen molar-refractivity contribution >= 4 is 47.5 Å². The van der Waals surface area contributed by atoms with Crippen LogP contribution in [0, 0.1) is 0 Å². The van der Waals surface area contributed by atoms with Gasteiger partial charge in [-0.2, -0.15) is 4.98 Å². The Kier molecular flexibility index (Phi) is 2.61. The first-order valence-corrected chi connectivity index (χ1v) is 5.86. The van der Waals surface area contributed by atoms with E-state index in [1.165, 1.54) is 10.5 Å². The van der Waals surface area contributed by atoms with E-state index in [9.17, 15) is 4.79 Å². The van der Waals surface area contributed by atoms with E-state index in [2.05, 4.69) is 28.1 Å². The number of amides is 1. The molecule has 18 heavy (non-hydrogen) atoms. The van der Waals surface area contributed by atoms with Crippen molar-refractivity contribution in [2.45, 2.75) is 0 Å². The SMILES string of the molecule is O=C1Nc2cnc(Cl)nc2N(S)c2ccccc21. The first-order chi connectivity index (χ1) is 8.66. The summed E-state index contributed by atoms with van der Waals surface area (Å²) >= 11 is 10.1. The Balaban J connectivity index is 2.26. The number of aromatic nitrogens is 2. The lowest BCUT2D eigenvalue weighted by Gasteiger charge is -2.17. The van der Waals surface area contributed by atoms with Crippen LogP contribution in [0.1, 0.15) is 10.4 Å². The molecule has 0 aliphatic carbocycles. The molecule has 1 aromatic heterocycles. The zero-order valence-electron chi connectivity index (χ0n) is 8.96. The van der Waals surface area contributed by atoms with E-state index in [1.807, 2.05) is 6.07 Å². The molecule has 0 atom stereocenters. The van der Waals surface area contributed by atoms with Gasteiger partial charge in [0.1, 0.15) is 5.69 Å². The van der Waals surface area contributed by atoms with Crippen LogP contribution in [-0.2, 0) is 0 Å². The summed E-state index contributed by atoms with van der Waals surface area (Å²) in [6.07, 6.45) is 1.46. The summed E-state index contributed by atoms with van der Waals surface area (Å²) in [7, 11) is 0.